The minimum atomic E-state index is 0.646. The van der Waals surface area contributed by atoms with E-state index in [-0.39, 0.29) is 0 Å². The Labute approximate surface area is 131 Å². The zero-order chi connectivity index (χ0) is 14.0. The van der Waals surface area contributed by atoms with Gasteiger partial charge in [-0.15, -0.1) is 0 Å². The molecule has 0 saturated heterocycles. The minimum absolute atomic E-state index is 0.646. The summed E-state index contributed by atoms with van der Waals surface area (Å²) in [5.74, 6) is 1.52. The Bertz CT molecular complexity index is 588. The van der Waals surface area contributed by atoms with Crippen LogP contribution in [0.2, 0.25) is 10.0 Å². The van der Waals surface area contributed by atoms with Crippen LogP contribution >= 0.6 is 39.1 Å². The summed E-state index contributed by atoms with van der Waals surface area (Å²) in [6.45, 7) is 3.93. The average molecular weight is 360 g/mol. The van der Waals surface area contributed by atoms with E-state index < -0.39 is 0 Å². The highest BCUT2D eigenvalue weighted by Gasteiger charge is 2.09. The van der Waals surface area contributed by atoms with Crippen molar-refractivity contribution < 1.29 is 4.74 Å². The van der Waals surface area contributed by atoms with E-state index in [1.54, 1.807) is 0 Å². The van der Waals surface area contributed by atoms with Crippen molar-refractivity contribution in [1.29, 1.82) is 0 Å². The van der Waals surface area contributed by atoms with Gasteiger partial charge in [-0.05, 0) is 49.2 Å². The summed E-state index contributed by atoms with van der Waals surface area (Å²) in [6, 6.07) is 9.48. The first-order chi connectivity index (χ1) is 9.02. The molecule has 0 aromatic heterocycles. The molecule has 0 spiro atoms. The standard InChI is InChI=1S/C15H13BrCl2O/c1-9-6-11(7-10(2)15(9)18)19-14-5-3-4-13(17)12(14)8-16/h3-7H,8H2,1-2H3. The molecular formula is C15H13BrCl2O. The zero-order valence-electron chi connectivity index (χ0n) is 10.6. The highest BCUT2D eigenvalue weighted by molar-refractivity contribution is 9.08. The van der Waals surface area contributed by atoms with Crippen LogP contribution in [0, 0.1) is 13.8 Å². The Balaban J connectivity index is 2.39. The first-order valence-corrected chi connectivity index (χ1v) is 7.68. The molecule has 0 radical (unpaired) electrons. The van der Waals surface area contributed by atoms with Crippen LogP contribution in [0.4, 0.5) is 0 Å². The summed E-state index contributed by atoms with van der Waals surface area (Å²) in [5, 5.41) is 2.11. The van der Waals surface area contributed by atoms with E-state index in [4.69, 9.17) is 27.9 Å². The van der Waals surface area contributed by atoms with Crippen molar-refractivity contribution in [1.82, 2.24) is 0 Å². The van der Waals surface area contributed by atoms with Gasteiger partial charge in [-0.3, -0.25) is 0 Å². The number of halogens is 3. The maximum atomic E-state index is 6.15. The second-order valence-corrected chi connectivity index (χ2v) is 5.67. The van der Waals surface area contributed by atoms with E-state index in [9.17, 15) is 0 Å². The van der Waals surface area contributed by atoms with Gasteiger partial charge in [-0.1, -0.05) is 45.2 Å². The van der Waals surface area contributed by atoms with Crippen LogP contribution in [-0.4, -0.2) is 0 Å². The Morgan fingerprint density at radius 2 is 1.74 bits per heavy atom. The number of alkyl halides is 1. The van der Waals surface area contributed by atoms with Crippen molar-refractivity contribution in [2.75, 3.05) is 0 Å². The molecule has 0 fully saturated rings. The maximum absolute atomic E-state index is 6.15. The molecule has 0 bridgehead atoms. The molecule has 2 rings (SSSR count). The van der Waals surface area contributed by atoms with Gasteiger partial charge in [0.25, 0.3) is 0 Å². The molecule has 0 aliphatic rings. The van der Waals surface area contributed by atoms with E-state index in [1.165, 1.54) is 0 Å². The van der Waals surface area contributed by atoms with Crippen LogP contribution in [0.3, 0.4) is 0 Å². The van der Waals surface area contributed by atoms with Crippen molar-refractivity contribution >= 4 is 39.1 Å². The molecule has 0 aliphatic heterocycles. The fourth-order valence-corrected chi connectivity index (χ4v) is 2.94. The van der Waals surface area contributed by atoms with Gasteiger partial charge in [0, 0.05) is 20.9 Å². The van der Waals surface area contributed by atoms with Gasteiger partial charge < -0.3 is 4.74 Å². The topological polar surface area (TPSA) is 9.23 Å². The third-order valence-electron chi connectivity index (χ3n) is 2.85. The highest BCUT2D eigenvalue weighted by Crippen LogP contribution is 2.34. The Kier molecular flexibility index (Phi) is 4.77. The molecule has 0 heterocycles. The van der Waals surface area contributed by atoms with Crippen molar-refractivity contribution in [2.24, 2.45) is 0 Å². The predicted molar refractivity (Wildman–Crippen MR) is 85.1 cm³/mol. The number of aryl methyl sites for hydroxylation is 2. The van der Waals surface area contributed by atoms with E-state index in [2.05, 4.69) is 15.9 Å². The Morgan fingerprint density at radius 3 is 2.32 bits per heavy atom. The number of benzene rings is 2. The molecule has 19 heavy (non-hydrogen) atoms. The molecule has 0 N–H and O–H groups in total. The molecular weight excluding hydrogens is 347 g/mol. The smallest absolute Gasteiger partial charge is 0.132 e. The average Bonchev–Trinajstić information content (AvgIpc) is 2.36. The minimum Gasteiger partial charge on any atom is -0.457 e. The highest BCUT2D eigenvalue weighted by atomic mass is 79.9. The molecule has 2 aromatic rings. The largest absolute Gasteiger partial charge is 0.457 e. The summed E-state index contributed by atoms with van der Waals surface area (Å²) < 4.78 is 5.92. The summed E-state index contributed by atoms with van der Waals surface area (Å²) in [4.78, 5) is 0. The van der Waals surface area contributed by atoms with Crippen LogP contribution in [0.25, 0.3) is 0 Å². The summed E-state index contributed by atoms with van der Waals surface area (Å²) in [7, 11) is 0. The molecule has 1 nitrogen and oxygen atoms in total. The van der Waals surface area contributed by atoms with E-state index in [1.807, 2.05) is 44.2 Å². The summed E-state index contributed by atoms with van der Waals surface area (Å²) >= 11 is 15.7. The van der Waals surface area contributed by atoms with Crippen LogP contribution in [0.15, 0.2) is 30.3 Å². The van der Waals surface area contributed by atoms with Crippen molar-refractivity contribution in [3.05, 3.63) is 57.1 Å². The van der Waals surface area contributed by atoms with Gasteiger partial charge in [0.05, 0.1) is 0 Å². The predicted octanol–water partition coefficient (Wildman–Crippen LogP) is 6.30. The Morgan fingerprint density at radius 1 is 1.11 bits per heavy atom. The second kappa shape index (κ2) is 6.17. The van der Waals surface area contributed by atoms with Crippen LogP contribution in [0.5, 0.6) is 11.5 Å². The molecule has 0 aliphatic carbocycles. The first kappa shape index (κ1) is 14.7. The molecule has 100 valence electrons. The van der Waals surface area contributed by atoms with Gasteiger partial charge in [0.15, 0.2) is 0 Å². The van der Waals surface area contributed by atoms with Gasteiger partial charge in [0.2, 0.25) is 0 Å². The second-order valence-electron chi connectivity index (χ2n) is 4.32. The van der Waals surface area contributed by atoms with Crippen LogP contribution < -0.4 is 4.74 Å². The van der Waals surface area contributed by atoms with E-state index in [0.29, 0.717) is 10.4 Å². The fourth-order valence-electron chi connectivity index (χ4n) is 1.86. The molecule has 0 saturated carbocycles. The Hall–Kier alpha value is -0.700. The molecule has 4 heteroatoms. The van der Waals surface area contributed by atoms with E-state index >= 15 is 0 Å². The van der Waals surface area contributed by atoms with E-state index in [0.717, 1.165) is 33.2 Å². The van der Waals surface area contributed by atoms with Crippen LogP contribution in [0.1, 0.15) is 16.7 Å². The number of hydrogen-bond acceptors (Lipinski definition) is 1. The number of ether oxygens (including phenoxy) is 1. The van der Waals surface area contributed by atoms with Crippen molar-refractivity contribution in [3.63, 3.8) is 0 Å². The van der Waals surface area contributed by atoms with Crippen molar-refractivity contribution in [2.45, 2.75) is 19.2 Å². The van der Waals surface area contributed by atoms with Gasteiger partial charge in [0.1, 0.15) is 11.5 Å². The molecule has 0 atom stereocenters. The maximum Gasteiger partial charge on any atom is 0.132 e. The lowest BCUT2D eigenvalue weighted by Crippen LogP contribution is -1.92. The number of hydrogen-bond donors (Lipinski definition) is 0. The zero-order valence-corrected chi connectivity index (χ0v) is 13.7. The van der Waals surface area contributed by atoms with Gasteiger partial charge >= 0.3 is 0 Å². The first-order valence-electron chi connectivity index (χ1n) is 5.81. The molecule has 2 aromatic carbocycles. The van der Waals surface area contributed by atoms with Gasteiger partial charge in [-0.25, -0.2) is 0 Å². The quantitative estimate of drug-likeness (QED) is 0.584. The third kappa shape index (κ3) is 3.25. The fraction of sp³-hybridized carbons (Fsp3) is 0.200. The molecule has 0 amide bonds. The molecule has 0 unspecified atom stereocenters. The van der Waals surface area contributed by atoms with Crippen molar-refractivity contribution in [3.8, 4) is 11.5 Å². The SMILES string of the molecule is Cc1cc(Oc2cccc(Cl)c2CBr)cc(C)c1Cl. The van der Waals surface area contributed by atoms with Crippen LogP contribution in [-0.2, 0) is 5.33 Å². The third-order valence-corrected chi connectivity index (χ3v) is 4.36. The lowest BCUT2D eigenvalue weighted by molar-refractivity contribution is 0.478. The summed E-state index contributed by atoms with van der Waals surface area (Å²) in [6.07, 6.45) is 0. The lowest BCUT2D eigenvalue weighted by Gasteiger charge is -2.13. The normalized spacial score (nSPS) is 10.6. The monoisotopic (exact) mass is 358 g/mol. The number of rotatable bonds is 3. The summed E-state index contributed by atoms with van der Waals surface area (Å²) in [5.41, 5.74) is 2.94. The van der Waals surface area contributed by atoms with Gasteiger partial charge in [-0.2, -0.15) is 0 Å². The lowest BCUT2D eigenvalue weighted by atomic mass is 10.1.